The van der Waals surface area contributed by atoms with E-state index in [9.17, 15) is 0 Å². The van der Waals surface area contributed by atoms with Crippen molar-refractivity contribution in [3.8, 4) is 0 Å². The van der Waals surface area contributed by atoms with Crippen LogP contribution < -0.4 is 10.2 Å². The molecule has 2 atom stereocenters. The smallest absolute Gasteiger partial charge is 0.225 e. The van der Waals surface area contributed by atoms with Crippen LogP contribution in [-0.2, 0) is 0 Å². The van der Waals surface area contributed by atoms with Gasteiger partial charge >= 0.3 is 0 Å². The second-order valence-corrected chi connectivity index (χ2v) is 8.49. The van der Waals surface area contributed by atoms with Gasteiger partial charge < -0.3 is 19.7 Å². The van der Waals surface area contributed by atoms with Gasteiger partial charge in [0.25, 0.3) is 0 Å². The van der Waals surface area contributed by atoms with E-state index in [4.69, 9.17) is 0 Å². The Balaban J connectivity index is 1.18. The zero-order valence-corrected chi connectivity index (χ0v) is 18.8. The van der Waals surface area contributed by atoms with Gasteiger partial charge in [-0.1, -0.05) is 6.92 Å². The van der Waals surface area contributed by atoms with Crippen molar-refractivity contribution in [2.45, 2.75) is 25.8 Å². The zero-order chi connectivity index (χ0) is 21.5. The summed E-state index contributed by atoms with van der Waals surface area (Å²) >= 11 is 0. The number of nitrogens with zero attached hydrogens (tertiary/aromatic N) is 8. The van der Waals surface area contributed by atoms with Crippen LogP contribution in [0.15, 0.2) is 42.2 Å². The highest BCUT2D eigenvalue weighted by Crippen LogP contribution is 2.27. The highest BCUT2D eigenvalue weighted by atomic mass is 15.3. The third-order valence-corrected chi connectivity index (χ3v) is 6.48. The topological polar surface area (TPSA) is 77.7 Å². The summed E-state index contributed by atoms with van der Waals surface area (Å²) < 4.78 is 2.24. The van der Waals surface area contributed by atoms with Crippen LogP contribution in [0.25, 0.3) is 0 Å². The van der Waals surface area contributed by atoms with Crippen molar-refractivity contribution in [3.63, 3.8) is 0 Å². The molecule has 1 N–H and O–H groups in total. The predicted octanol–water partition coefficient (Wildman–Crippen LogP) is 1.34. The number of rotatable bonds is 6. The molecule has 2 aliphatic rings. The standard InChI is InChI=1S/C22H35N9/c1-19-5-11-30(17-20(19)31-12-9-24-18-31)21(23-2)25-8-4-10-28-13-15-29(16-14-28)22-26-6-3-7-27-22/h3,6-7,9,12,18-20H,4-5,8,10-11,13-17H2,1-2H3,(H,23,25). The Kier molecular flexibility index (Phi) is 7.35. The van der Waals surface area contributed by atoms with Crippen LogP contribution in [-0.4, -0.2) is 94.7 Å². The summed E-state index contributed by atoms with van der Waals surface area (Å²) in [6, 6.07) is 2.31. The molecule has 0 radical (unpaired) electrons. The van der Waals surface area contributed by atoms with E-state index < -0.39 is 0 Å². The lowest BCUT2D eigenvalue weighted by Gasteiger charge is -2.39. The fraction of sp³-hybridized carbons (Fsp3) is 0.636. The minimum atomic E-state index is 0.444. The van der Waals surface area contributed by atoms with Crippen LogP contribution in [0.2, 0.25) is 0 Å². The molecule has 2 aliphatic heterocycles. The number of anilines is 1. The molecular weight excluding hydrogens is 390 g/mol. The first-order chi connectivity index (χ1) is 15.2. The lowest BCUT2D eigenvalue weighted by atomic mass is 9.93. The first-order valence-electron chi connectivity index (χ1n) is 11.4. The van der Waals surface area contributed by atoms with Crippen LogP contribution in [0, 0.1) is 5.92 Å². The number of piperidine rings is 1. The van der Waals surface area contributed by atoms with Crippen molar-refractivity contribution in [3.05, 3.63) is 37.2 Å². The molecule has 0 aliphatic carbocycles. The van der Waals surface area contributed by atoms with Crippen LogP contribution in [0.5, 0.6) is 0 Å². The lowest BCUT2D eigenvalue weighted by molar-refractivity contribution is 0.188. The van der Waals surface area contributed by atoms with Gasteiger partial charge in [0.15, 0.2) is 5.96 Å². The van der Waals surface area contributed by atoms with Gasteiger partial charge in [0.1, 0.15) is 0 Å². The Bertz CT molecular complexity index is 800. The van der Waals surface area contributed by atoms with Gasteiger partial charge in [-0.2, -0.15) is 0 Å². The molecular formula is C22H35N9. The maximum atomic E-state index is 4.55. The number of hydrogen-bond acceptors (Lipinski definition) is 6. The number of aromatic nitrogens is 4. The van der Waals surface area contributed by atoms with Crippen molar-refractivity contribution >= 4 is 11.9 Å². The lowest BCUT2D eigenvalue weighted by Crippen LogP contribution is -2.50. The number of aliphatic imine (C=N–C) groups is 1. The molecule has 31 heavy (non-hydrogen) atoms. The first kappa shape index (κ1) is 21.5. The van der Waals surface area contributed by atoms with Crippen molar-refractivity contribution in [1.29, 1.82) is 0 Å². The highest BCUT2D eigenvalue weighted by Gasteiger charge is 2.28. The van der Waals surface area contributed by atoms with E-state index in [0.717, 1.165) is 70.7 Å². The maximum Gasteiger partial charge on any atom is 0.225 e. The van der Waals surface area contributed by atoms with Gasteiger partial charge in [-0.15, -0.1) is 0 Å². The molecule has 9 heteroatoms. The van der Waals surface area contributed by atoms with Gasteiger partial charge in [0.2, 0.25) is 5.95 Å². The van der Waals surface area contributed by atoms with Crippen LogP contribution in [0.1, 0.15) is 25.8 Å². The number of nitrogens with one attached hydrogen (secondary N) is 1. The average molecular weight is 426 g/mol. The Hall–Kier alpha value is -2.68. The fourth-order valence-electron chi connectivity index (χ4n) is 4.56. The third kappa shape index (κ3) is 5.52. The van der Waals surface area contributed by atoms with E-state index in [-0.39, 0.29) is 0 Å². The first-order valence-corrected chi connectivity index (χ1v) is 11.4. The van der Waals surface area contributed by atoms with Crippen molar-refractivity contribution < 1.29 is 0 Å². The Morgan fingerprint density at radius 1 is 1.13 bits per heavy atom. The molecule has 0 aromatic carbocycles. The summed E-state index contributed by atoms with van der Waals surface area (Å²) in [4.78, 5) is 24.7. The van der Waals surface area contributed by atoms with Gasteiger partial charge in [0.05, 0.1) is 12.4 Å². The molecule has 2 aromatic heterocycles. The number of guanidine groups is 1. The Morgan fingerprint density at radius 3 is 2.65 bits per heavy atom. The molecule has 2 saturated heterocycles. The summed E-state index contributed by atoms with van der Waals surface area (Å²) in [6.45, 7) is 10.5. The van der Waals surface area contributed by atoms with E-state index >= 15 is 0 Å². The number of likely N-dealkylation sites (tertiary alicyclic amines) is 1. The van der Waals surface area contributed by atoms with Crippen molar-refractivity contribution in [1.82, 2.24) is 34.6 Å². The monoisotopic (exact) mass is 425 g/mol. The van der Waals surface area contributed by atoms with Gasteiger partial charge in [-0.25, -0.2) is 15.0 Å². The van der Waals surface area contributed by atoms with E-state index in [0.29, 0.717) is 12.0 Å². The summed E-state index contributed by atoms with van der Waals surface area (Å²) in [5.74, 6) is 2.50. The summed E-state index contributed by atoms with van der Waals surface area (Å²) in [5.41, 5.74) is 0. The predicted molar refractivity (Wildman–Crippen MR) is 123 cm³/mol. The minimum absolute atomic E-state index is 0.444. The Labute approximate surface area is 185 Å². The highest BCUT2D eigenvalue weighted by molar-refractivity contribution is 5.80. The van der Waals surface area contributed by atoms with Gasteiger partial charge in [0, 0.05) is 77.6 Å². The quantitative estimate of drug-likeness (QED) is 0.425. The van der Waals surface area contributed by atoms with Gasteiger partial charge in [-0.3, -0.25) is 9.89 Å². The zero-order valence-electron chi connectivity index (χ0n) is 18.8. The number of hydrogen-bond donors (Lipinski definition) is 1. The molecule has 0 saturated carbocycles. The normalized spacial score (nSPS) is 23.2. The molecule has 2 aromatic rings. The molecule has 4 heterocycles. The second kappa shape index (κ2) is 10.6. The Morgan fingerprint density at radius 2 is 1.94 bits per heavy atom. The number of imidazole rings is 1. The molecule has 2 fully saturated rings. The number of piperazine rings is 1. The van der Waals surface area contributed by atoms with Crippen LogP contribution in [0.4, 0.5) is 5.95 Å². The molecule has 4 rings (SSSR count). The van der Waals surface area contributed by atoms with Crippen LogP contribution in [0.3, 0.4) is 0 Å². The maximum absolute atomic E-state index is 4.55. The molecule has 0 amide bonds. The summed E-state index contributed by atoms with van der Waals surface area (Å²) in [6.07, 6.45) is 11.8. The van der Waals surface area contributed by atoms with E-state index in [1.165, 1.54) is 6.42 Å². The molecule has 2 unspecified atom stereocenters. The summed E-state index contributed by atoms with van der Waals surface area (Å²) in [7, 11) is 1.89. The second-order valence-electron chi connectivity index (χ2n) is 8.49. The minimum Gasteiger partial charge on any atom is -0.356 e. The molecule has 168 valence electrons. The van der Waals surface area contributed by atoms with E-state index in [1.807, 2.05) is 38.0 Å². The largest absolute Gasteiger partial charge is 0.356 e. The molecule has 9 nitrogen and oxygen atoms in total. The molecule has 0 spiro atoms. The SMILES string of the molecule is CN=C(NCCCN1CCN(c2ncccn2)CC1)N1CCC(C)C(n2ccnc2)C1. The summed E-state index contributed by atoms with van der Waals surface area (Å²) in [5, 5.41) is 3.59. The average Bonchev–Trinajstić information content (AvgIpc) is 3.35. The van der Waals surface area contributed by atoms with Crippen molar-refractivity contribution in [2.75, 3.05) is 64.3 Å². The van der Waals surface area contributed by atoms with Gasteiger partial charge in [-0.05, 0) is 31.4 Å². The van der Waals surface area contributed by atoms with Crippen LogP contribution >= 0.6 is 0 Å². The van der Waals surface area contributed by atoms with Crippen molar-refractivity contribution in [2.24, 2.45) is 10.9 Å². The third-order valence-electron chi connectivity index (χ3n) is 6.48. The van der Waals surface area contributed by atoms with E-state index in [2.05, 4.69) is 57.6 Å². The van der Waals surface area contributed by atoms with E-state index in [1.54, 1.807) is 0 Å². The fourth-order valence-corrected chi connectivity index (χ4v) is 4.56. The molecule has 0 bridgehead atoms.